The number of piperidine rings is 1. The second-order valence-corrected chi connectivity index (χ2v) is 7.90. The molecule has 1 fully saturated rings. The van der Waals surface area contributed by atoms with E-state index >= 15 is 0 Å². The van der Waals surface area contributed by atoms with Crippen molar-refractivity contribution in [1.82, 2.24) is 10.2 Å². The lowest BCUT2D eigenvalue weighted by molar-refractivity contribution is -0.112. The van der Waals surface area contributed by atoms with Gasteiger partial charge in [-0.1, -0.05) is 17.7 Å². The number of nitriles is 1. The first-order valence-electron chi connectivity index (χ1n) is 9.40. The van der Waals surface area contributed by atoms with Gasteiger partial charge in [-0.25, -0.2) is 4.79 Å². The Kier molecular flexibility index (Phi) is 7.05. The van der Waals surface area contributed by atoms with Gasteiger partial charge in [0.1, 0.15) is 17.2 Å². The third-order valence-electron chi connectivity index (χ3n) is 4.28. The van der Waals surface area contributed by atoms with Gasteiger partial charge >= 0.3 is 6.09 Å². The zero-order valence-corrected chi connectivity index (χ0v) is 16.9. The van der Waals surface area contributed by atoms with E-state index in [1.54, 1.807) is 17.0 Å². The topological polar surface area (TPSA) is 94.5 Å². The van der Waals surface area contributed by atoms with Crippen LogP contribution in [0.25, 0.3) is 0 Å². The van der Waals surface area contributed by atoms with Crippen LogP contribution in [0.2, 0.25) is 0 Å². The number of hydrogen-bond donors (Lipinski definition) is 2. The lowest BCUT2D eigenvalue weighted by atomic mass is 10.1. The fourth-order valence-electron chi connectivity index (χ4n) is 2.74. The van der Waals surface area contributed by atoms with Crippen molar-refractivity contribution >= 4 is 17.7 Å². The van der Waals surface area contributed by atoms with E-state index in [0.29, 0.717) is 31.6 Å². The second kappa shape index (κ2) is 9.27. The molecule has 0 unspecified atom stereocenters. The van der Waals surface area contributed by atoms with Crippen LogP contribution in [0, 0.1) is 18.3 Å². The number of anilines is 1. The van der Waals surface area contributed by atoms with Crippen LogP contribution in [0.1, 0.15) is 39.2 Å². The number of nitrogens with one attached hydrogen (secondary N) is 2. The molecule has 2 amide bonds. The van der Waals surface area contributed by atoms with E-state index in [9.17, 15) is 14.9 Å². The van der Waals surface area contributed by atoms with Crippen molar-refractivity contribution in [3.05, 3.63) is 41.6 Å². The van der Waals surface area contributed by atoms with Gasteiger partial charge in [0, 0.05) is 31.0 Å². The Morgan fingerprint density at radius 2 is 1.82 bits per heavy atom. The van der Waals surface area contributed by atoms with Crippen molar-refractivity contribution < 1.29 is 14.3 Å². The predicted molar refractivity (Wildman–Crippen MR) is 107 cm³/mol. The maximum atomic E-state index is 12.3. The first-order chi connectivity index (χ1) is 13.2. The summed E-state index contributed by atoms with van der Waals surface area (Å²) in [5.74, 6) is -0.454. The maximum absolute atomic E-state index is 12.3. The summed E-state index contributed by atoms with van der Waals surface area (Å²) in [5.41, 5.74) is 1.23. The minimum Gasteiger partial charge on any atom is -0.444 e. The van der Waals surface area contributed by atoms with Gasteiger partial charge in [0.25, 0.3) is 5.91 Å². The molecule has 1 aromatic carbocycles. The van der Waals surface area contributed by atoms with Crippen LogP contribution in [0.5, 0.6) is 0 Å². The molecular weight excluding hydrogens is 356 g/mol. The summed E-state index contributed by atoms with van der Waals surface area (Å²) in [6, 6.07) is 9.39. The van der Waals surface area contributed by atoms with Crippen molar-refractivity contribution in [3.8, 4) is 6.07 Å². The highest BCUT2D eigenvalue weighted by Crippen LogP contribution is 2.16. The minimum absolute atomic E-state index is 0.00940. The number of aryl methyl sites for hydroxylation is 1. The first-order valence-corrected chi connectivity index (χ1v) is 9.40. The Labute approximate surface area is 166 Å². The summed E-state index contributed by atoms with van der Waals surface area (Å²) in [6.45, 7) is 8.62. The number of carbonyl (C=O) groups excluding carboxylic acids is 2. The molecule has 2 rings (SSSR count). The van der Waals surface area contributed by atoms with Gasteiger partial charge in [-0.05, 0) is 52.7 Å². The number of benzene rings is 1. The van der Waals surface area contributed by atoms with Crippen LogP contribution in [0.15, 0.2) is 36.0 Å². The lowest BCUT2D eigenvalue weighted by Crippen LogP contribution is -2.45. The molecule has 28 heavy (non-hydrogen) atoms. The van der Waals surface area contributed by atoms with E-state index in [2.05, 4.69) is 10.6 Å². The quantitative estimate of drug-likeness (QED) is 0.613. The predicted octanol–water partition coefficient (Wildman–Crippen LogP) is 3.33. The molecule has 1 aliphatic rings. The molecule has 0 aliphatic carbocycles. The maximum Gasteiger partial charge on any atom is 0.410 e. The number of hydrogen-bond acceptors (Lipinski definition) is 5. The zero-order chi connectivity index (χ0) is 20.7. The largest absolute Gasteiger partial charge is 0.444 e. The fourth-order valence-corrected chi connectivity index (χ4v) is 2.74. The Bertz CT molecular complexity index is 764. The molecule has 1 heterocycles. The molecule has 1 aromatic rings. The van der Waals surface area contributed by atoms with E-state index in [1.165, 1.54) is 6.20 Å². The summed E-state index contributed by atoms with van der Waals surface area (Å²) in [5, 5.41) is 15.1. The van der Waals surface area contributed by atoms with E-state index in [1.807, 2.05) is 45.9 Å². The summed E-state index contributed by atoms with van der Waals surface area (Å²) >= 11 is 0. The Balaban J connectivity index is 1.85. The average Bonchev–Trinajstić information content (AvgIpc) is 2.63. The van der Waals surface area contributed by atoms with Crippen molar-refractivity contribution in [2.75, 3.05) is 18.4 Å². The Morgan fingerprint density at radius 3 is 2.36 bits per heavy atom. The molecule has 7 heteroatoms. The van der Waals surface area contributed by atoms with Crippen molar-refractivity contribution in [2.24, 2.45) is 0 Å². The zero-order valence-electron chi connectivity index (χ0n) is 16.9. The number of ether oxygens (including phenoxy) is 1. The van der Waals surface area contributed by atoms with E-state index < -0.39 is 11.5 Å². The molecule has 0 aromatic heterocycles. The molecule has 0 radical (unpaired) electrons. The molecule has 7 nitrogen and oxygen atoms in total. The molecule has 0 atom stereocenters. The van der Waals surface area contributed by atoms with Gasteiger partial charge in [-0.2, -0.15) is 5.26 Å². The van der Waals surface area contributed by atoms with Crippen molar-refractivity contribution in [3.63, 3.8) is 0 Å². The van der Waals surface area contributed by atoms with Crippen LogP contribution in [0.4, 0.5) is 10.5 Å². The van der Waals surface area contributed by atoms with Crippen LogP contribution >= 0.6 is 0 Å². The molecule has 2 N–H and O–H groups in total. The van der Waals surface area contributed by atoms with Gasteiger partial charge in [-0.15, -0.1) is 0 Å². The smallest absolute Gasteiger partial charge is 0.410 e. The third kappa shape index (κ3) is 6.62. The van der Waals surface area contributed by atoms with Gasteiger partial charge in [0.15, 0.2) is 0 Å². The Morgan fingerprint density at radius 1 is 1.21 bits per heavy atom. The molecule has 150 valence electrons. The first kappa shape index (κ1) is 21.3. The molecule has 0 saturated carbocycles. The highest BCUT2D eigenvalue weighted by Gasteiger charge is 2.26. The summed E-state index contributed by atoms with van der Waals surface area (Å²) in [4.78, 5) is 26.0. The molecule has 1 saturated heterocycles. The van der Waals surface area contributed by atoms with Crippen LogP contribution in [-0.2, 0) is 9.53 Å². The van der Waals surface area contributed by atoms with Crippen LogP contribution < -0.4 is 10.6 Å². The monoisotopic (exact) mass is 384 g/mol. The van der Waals surface area contributed by atoms with Crippen molar-refractivity contribution in [2.45, 2.75) is 52.2 Å². The number of likely N-dealkylation sites (tertiary alicyclic amines) is 1. The number of amides is 2. The summed E-state index contributed by atoms with van der Waals surface area (Å²) in [7, 11) is 0. The van der Waals surface area contributed by atoms with Crippen LogP contribution in [0.3, 0.4) is 0 Å². The number of carbonyl (C=O) groups is 2. The van der Waals surface area contributed by atoms with Crippen molar-refractivity contribution in [1.29, 1.82) is 5.26 Å². The molecule has 1 aliphatic heterocycles. The van der Waals surface area contributed by atoms with E-state index in [-0.39, 0.29) is 17.7 Å². The van der Waals surface area contributed by atoms with Gasteiger partial charge in [-0.3, -0.25) is 4.79 Å². The highest BCUT2D eigenvalue weighted by atomic mass is 16.6. The highest BCUT2D eigenvalue weighted by molar-refractivity contribution is 6.06. The van der Waals surface area contributed by atoms with Gasteiger partial charge in [0.05, 0.1) is 0 Å². The van der Waals surface area contributed by atoms with E-state index in [4.69, 9.17) is 4.74 Å². The number of rotatable bonds is 4. The summed E-state index contributed by atoms with van der Waals surface area (Å²) in [6.07, 6.45) is 2.58. The standard InChI is InChI=1S/C21H28N4O3/c1-15-5-7-18(8-6-15)24-19(26)16(13-22)14-23-17-9-11-25(12-10-17)20(27)28-21(2,3)4/h5-8,14,17,23H,9-12H2,1-4H3,(H,24,26)/b16-14-. The normalized spacial score (nSPS) is 15.5. The van der Waals surface area contributed by atoms with Gasteiger partial charge in [0.2, 0.25) is 0 Å². The number of nitrogens with zero attached hydrogens (tertiary/aromatic N) is 2. The van der Waals surface area contributed by atoms with Crippen LogP contribution in [-0.4, -0.2) is 41.6 Å². The fraction of sp³-hybridized carbons (Fsp3) is 0.476. The minimum atomic E-state index is -0.512. The molecular formula is C21H28N4O3. The average molecular weight is 384 g/mol. The lowest BCUT2D eigenvalue weighted by Gasteiger charge is -2.33. The molecule has 0 bridgehead atoms. The SMILES string of the molecule is Cc1ccc(NC(=O)/C(C#N)=C\NC2CCN(C(=O)OC(C)(C)C)CC2)cc1. The second-order valence-electron chi connectivity index (χ2n) is 7.90. The Hall–Kier alpha value is -3.01. The summed E-state index contributed by atoms with van der Waals surface area (Å²) < 4.78 is 5.38. The molecule has 0 spiro atoms. The third-order valence-corrected chi connectivity index (χ3v) is 4.28. The van der Waals surface area contributed by atoms with Gasteiger partial charge < -0.3 is 20.3 Å². The van der Waals surface area contributed by atoms with E-state index in [0.717, 1.165) is 5.56 Å².